The molecule has 0 aromatic heterocycles. The highest BCUT2D eigenvalue weighted by Crippen LogP contribution is 2.63. The molecule has 2 aliphatic rings. The number of aryl methyl sites for hydroxylation is 1. The maximum Gasteiger partial charge on any atom is 0.122 e. The third-order valence-electron chi connectivity index (χ3n) is 4.76. The van der Waals surface area contributed by atoms with Crippen molar-refractivity contribution >= 4 is 0 Å². The van der Waals surface area contributed by atoms with Crippen LogP contribution in [0.5, 0.6) is 5.75 Å². The van der Waals surface area contributed by atoms with Crippen LogP contribution in [0.2, 0.25) is 0 Å². The first-order valence-electron chi connectivity index (χ1n) is 6.88. The number of benzene rings is 1. The van der Waals surface area contributed by atoms with E-state index in [0.29, 0.717) is 13.2 Å². The van der Waals surface area contributed by atoms with Crippen LogP contribution < -0.4 is 4.74 Å². The van der Waals surface area contributed by atoms with E-state index in [2.05, 4.69) is 25.1 Å². The predicted molar refractivity (Wildman–Crippen MR) is 72.1 cm³/mol. The van der Waals surface area contributed by atoms with E-state index in [1.165, 1.54) is 11.1 Å². The van der Waals surface area contributed by atoms with Gasteiger partial charge >= 0.3 is 0 Å². The van der Waals surface area contributed by atoms with Gasteiger partial charge < -0.3 is 9.47 Å². The smallest absolute Gasteiger partial charge is 0.122 e. The molecule has 1 aromatic rings. The van der Waals surface area contributed by atoms with Crippen molar-refractivity contribution in [3.63, 3.8) is 0 Å². The van der Waals surface area contributed by atoms with Crippen molar-refractivity contribution in [2.45, 2.75) is 31.6 Å². The van der Waals surface area contributed by atoms with Gasteiger partial charge in [-0.05, 0) is 30.9 Å². The molecule has 0 unspecified atom stereocenters. The largest absolute Gasteiger partial charge is 0.496 e. The SMILES string of the molecule is CCc1ccc(OC)c(C2(C3(C#N)CC3)COC2)c1. The molecule has 19 heavy (non-hydrogen) atoms. The fraction of sp³-hybridized carbons (Fsp3) is 0.562. The summed E-state index contributed by atoms with van der Waals surface area (Å²) in [7, 11) is 1.70. The molecule has 0 radical (unpaired) electrons. The lowest BCUT2D eigenvalue weighted by Gasteiger charge is -2.46. The van der Waals surface area contributed by atoms with E-state index in [0.717, 1.165) is 25.0 Å². The molecule has 0 amide bonds. The van der Waals surface area contributed by atoms with Gasteiger partial charge in [-0.1, -0.05) is 19.1 Å². The number of rotatable bonds is 4. The maximum atomic E-state index is 9.56. The second kappa shape index (κ2) is 4.25. The Labute approximate surface area is 114 Å². The molecule has 1 heterocycles. The van der Waals surface area contributed by atoms with Crippen molar-refractivity contribution in [1.82, 2.24) is 0 Å². The van der Waals surface area contributed by atoms with Gasteiger partial charge in [0.2, 0.25) is 0 Å². The number of hydrogen-bond acceptors (Lipinski definition) is 3. The summed E-state index contributed by atoms with van der Waals surface area (Å²) in [5.74, 6) is 0.891. The van der Waals surface area contributed by atoms with E-state index in [1.54, 1.807) is 7.11 Å². The van der Waals surface area contributed by atoms with E-state index in [-0.39, 0.29) is 10.8 Å². The van der Waals surface area contributed by atoms with Gasteiger partial charge in [0.25, 0.3) is 0 Å². The normalized spacial score (nSPS) is 22.2. The van der Waals surface area contributed by atoms with E-state index in [4.69, 9.17) is 9.47 Å². The zero-order chi connectivity index (χ0) is 13.5. The molecule has 0 atom stereocenters. The molecule has 3 nitrogen and oxygen atoms in total. The first kappa shape index (κ1) is 12.5. The van der Waals surface area contributed by atoms with Crippen LogP contribution >= 0.6 is 0 Å². The third-order valence-corrected chi connectivity index (χ3v) is 4.76. The minimum absolute atomic E-state index is 0.154. The number of ether oxygens (including phenoxy) is 2. The van der Waals surface area contributed by atoms with Crippen LogP contribution in [0.1, 0.15) is 30.9 Å². The first-order chi connectivity index (χ1) is 9.21. The minimum Gasteiger partial charge on any atom is -0.496 e. The zero-order valence-electron chi connectivity index (χ0n) is 11.5. The lowest BCUT2D eigenvalue weighted by atomic mass is 9.66. The molecular formula is C16H19NO2. The lowest BCUT2D eigenvalue weighted by molar-refractivity contribution is -0.0876. The molecule has 0 N–H and O–H groups in total. The number of hydrogen-bond donors (Lipinski definition) is 0. The Hall–Kier alpha value is -1.53. The molecule has 3 heteroatoms. The highest BCUT2D eigenvalue weighted by Gasteiger charge is 2.65. The Morgan fingerprint density at radius 2 is 2.11 bits per heavy atom. The minimum atomic E-state index is -0.231. The average Bonchev–Trinajstić information content (AvgIpc) is 3.18. The summed E-state index contributed by atoms with van der Waals surface area (Å²) in [4.78, 5) is 0. The highest BCUT2D eigenvalue weighted by atomic mass is 16.5. The molecule has 1 saturated carbocycles. The summed E-state index contributed by atoms with van der Waals surface area (Å²) in [5.41, 5.74) is 2.07. The summed E-state index contributed by atoms with van der Waals surface area (Å²) < 4.78 is 11.0. The molecular weight excluding hydrogens is 238 g/mol. The summed E-state index contributed by atoms with van der Waals surface area (Å²) in [6.07, 6.45) is 2.95. The van der Waals surface area contributed by atoms with Gasteiger partial charge in [-0.3, -0.25) is 0 Å². The van der Waals surface area contributed by atoms with Gasteiger partial charge in [-0.15, -0.1) is 0 Å². The Bertz CT molecular complexity index is 536. The van der Waals surface area contributed by atoms with Crippen LogP contribution in [-0.2, 0) is 16.6 Å². The standard InChI is InChI=1S/C16H19NO2/c1-3-12-4-5-14(18-2)13(8-12)16(10-19-11-16)15(9-17)6-7-15/h4-5,8H,3,6-7,10-11H2,1-2H3. The fourth-order valence-electron chi connectivity index (χ4n) is 3.17. The van der Waals surface area contributed by atoms with Crippen LogP contribution in [0.4, 0.5) is 0 Å². The van der Waals surface area contributed by atoms with Crippen LogP contribution in [0, 0.1) is 16.7 Å². The molecule has 1 saturated heterocycles. The summed E-state index contributed by atoms with van der Waals surface area (Å²) in [6, 6.07) is 8.88. The Morgan fingerprint density at radius 3 is 2.53 bits per heavy atom. The quantitative estimate of drug-likeness (QED) is 0.833. The van der Waals surface area contributed by atoms with Crippen molar-refractivity contribution in [3.05, 3.63) is 29.3 Å². The summed E-state index contributed by atoms with van der Waals surface area (Å²) in [5, 5.41) is 9.56. The van der Waals surface area contributed by atoms with Crippen LogP contribution in [0.15, 0.2) is 18.2 Å². The Balaban J connectivity index is 2.12. The van der Waals surface area contributed by atoms with Crippen molar-refractivity contribution in [3.8, 4) is 11.8 Å². The van der Waals surface area contributed by atoms with Gasteiger partial charge in [0.15, 0.2) is 0 Å². The maximum absolute atomic E-state index is 9.56. The monoisotopic (exact) mass is 257 g/mol. The van der Waals surface area contributed by atoms with E-state index < -0.39 is 0 Å². The second-order valence-electron chi connectivity index (χ2n) is 5.66. The third kappa shape index (κ3) is 1.60. The molecule has 1 aromatic carbocycles. The Kier molecular flexibility index (Phi) is 2.79. The van der Waals surface area contributed by atoms with Gasteiger partial charge in [0.1, 0.15) is 5.75 Å². The molecule has 3 rings (SSSR count). The summed E-state index contributed by atoms with van der Waals surface area (Å²) in [6.45, 7) is 3.43. The first-order valence-corrected chi connectivity index (χ1v) is 6.88. The van der Waals surface area contributed by atoms with Crippen molar-refractivity contribution in [2.24, 2.45) is 5.41 Å². The highest BCUT2D eigenvalue weighted by molar-refractivity contribution is 5.49. The molecule has 1 aliphatic carbocycles. The predicted octanol–water partition coefficient (Wildman–Crippen LogP) is 2.83. The van der Waals surface area contributed by atoms with Gasteiger partial charge in [0, 0.05) is 5.56 Å². The second-order valence-corrected chi connectivity index (χ2v) is 5.66. The van der Waals surface area contributed by atoms with Gasteiger partial charge in [-0.2, -0.15) is 5.26 Å². The average molecular weight is 257 g/mol. The van der Waals surface area contributed by atoms with E-state index >= 15 is 0 Å². The topological polar surface area (TPSA) is 42.2 Å². The summed E-state index contributed by atoms with van der Waals surface area (Å²) >= 11 is 0. The molecule has 1 aliphatic heterocycles. The van der Waals surface area contributed by atoms with Crippen molar-refractivity contribution in [1.29, 1.82) is 5.26 Å². The van der Waals surface area contributed by atoms with Gasteiger partial charge in [-0.25, -0.2) is 0 Å². The lowest BCUT2D eigenvalue weighted by Crippen LogP contribution is -2.53. The van der Waals surface area contributed by atoms with Crippen LogP contribution in [0.3, 0.4) is 0 Å². The number of nitrogens with zero attached hydrogens (tertiary/aromatic N) is 1. The zero-order valence-corrected chi connectivity index (χ0v) is 11.5. The number of nitriles is 1. The van der Waals surface area contributed by atoms with E-state index in [9.17, 15) is 5.26 Å². The van der Waals surface area contributed by atoms with E-state index in [1.807, 2.05) is 6.07 Å². The number of methoxy groups -OCH3 is 1. The van der Waals surface area contributed by atoms with Gasteiger partial charge in [0.05, 0.1) is 37.2 Å². The molecule has 2 fully saturated rings. The van der Waals surface area contributed by atoms with Crippen molar-refractivity contribution < 1.29 is 9.47 Å². The Morgan fingerprint density at radius 1 is 1.37 bits per heavy atom. The fourth-order valence-corrected chi connectivity index (χ4v) is 3.17. The van der Waals surface area contributed by atoms with Crippen molar-refractivity contribution in [2.75, 3.05) is 20.3 Å². The molecule has 100 valence electrons. The molecule has 0 spiro atoms. The van der Waals surface area contributed by atoms with Crippen LogP contribution in [-0.4, -0.2) is 20.3 Å². The molecule has 0 bridgehead atoms. The van der Waals surface area contributed by atoms with Crippen LogP contribution in [0.25, 0.3) is 0 Å².